The van der Waals surface area contributed by atoms with E-state index < -0.39 is 10.0 Å². The minimum absolute atomic E-state index is 0.212. The summed E-state index contributed by atoms with van der Waals surface area (Å²) in [6.45, 7) is 6.67. The molecule has 1 aromatic heterocycles. The van der Waals surface area contributed by atoms with E-state index in [9.17, 15) is 8.42 Å². The van der Waals surface area contributed by atoms with E-state index in [0.29, 0.717) is 24.6 Å². The third-order valence-electron chi connectivity index (χ3n) is 7.91. The molecule has 38 heavy (non-hydrogen) atoms. The molecule has 3 heterocycles. The first-order chi connectivity index (χ1) is 18.2. The lowest BCUT2D eigenvalue weighted by atomic mass is 10.1. The van der Waals surface area contributed by atoms with Gasteiger partial charge in [0.25, 0.3) is 0 Å². The van der Waals surface area contributed by atoms with Crippen molar-refractivity contribution in [2.75, 3.05) is 35.7 Å². The Hall–Kier alpha value is -3.21. The van der Waals surface area contributed by atoms with Gasteiger partial charge < -0.3 is 15.5 Å². The molecule has 2 atom stereocenters. The van der Waals surface area contributed by atoms with Crippen LogP contribution in [0.1, 0.15) is 36.0 Å². The number of hydrogen-bond acceptors (Lipinski definition) is 8. The van der Waals surface area contributed by atoms with Crippen LogP contribution in [-0.2, 0) is 16.6 Å². The lowest BCUT2D eigenvalue weighted by Crippen LogP contribution is -2.44. The van der Waals surface area contributed by atoms with Crippen molar-refractivity contribution in [2.45, 2.75) is 57.0 Å². The standard InChI is InChI=1S/C28H35N7O2S/c1-18-12-22(8-11-26(18)35-17-23-13-24(35)16-34(23)3)32-28-29-14-19(2)27(33-28)31-21-6-4-20(5-7-21)15-30-38(36,37)25-9-10-25/h4-8,11-12,14,23-25,30H,9-10,13,15-17H2,1-3H3,(H2,29,31,32,33)/t23-,24-/m0/s1. The van der Waals surface area contributed by atoms with Gasteiger partial charge >= 0.3 is 0 Å². The molecule has 2 bridgehead atoms. The maximum atomic E-state index is 12.1. The zero-order valence-corrected chi connectivity index (χ0v) is 22.9. The van der Waals surface area contributed by atoms with Crippen LogP contribution in [0.15, 0.2) is 48.7 Å². The van der Waals surface area contributed by atoms with Crippen molar-refractivity contribution in [3.8, 4) is 0 Å². The molecule has 0 unspecified atom stereocenters. The number of rotatable bonds is 9. The Morgan fingerprint density at radius 3 is 2.37 bits per heavy atom. The van der Waals surface area contributed by atoms with E-state index in [1.807, 2.05) is 31.2 Å². The largest absolute Gasteiger partial charge is 0.365 e. The minimum Gasteiger partial charge on any atom is -0.365 e. The fourth-order valence-corrected chi connectivity index (χ4v) is 6.86. The Bertz CT molecular complexity index is 1440. The van der Waals surface area contributed by atoms with Gasteiger partial charge in [0.15, 0.2) is 0 Å². The molecule has 2 aliphatic heterocycles. The van der Waals surface area contributed by atoms with Gasteiger partial charge in [0.05, 0.1) is 5.25 Å². The molecule has 1 aliphatic carbocycles. The fourth-order valence-electron chi connectivity index (χ4n) is 5.50. The van der Waals surface area contributed by atoms with E-state index in [1.54, 1.807) is 6.20 Å². The van der Waals surface area contributed by atoms with Crippen molar-refractivity contribution in [2.24, 2.45) is 0 Å². The van der Waals surface area contributed by atoms with Gasteiger partial charge in [-0.1, -0.05) is 12.1 Å². The van der Waals surface area contributed by atoms with Crippen LogP contribution in [0.25, 0.3) is 0 Å². The van der Waals surface area contributed by atoms with Crippen molar-refractivity contribution >= 4 is 38.9 Å². The van der Waals surface area contributed by atoms with Crippen LogP contribution in [0.2, 0.25) is 0 Å². The predicted molar refractivity (Wildman–Crippen MR) is 152 cm³/mol. The molecule has 200 valence electrons. The third-order valence-corrected chi connectivity index (χ3v) is 9.80. The number of hydrogen-bond donors (Lipinski definition) is 3. The maximum absolute atomic E-state index is 12.1. The number of piperazine rings is 1. The molecule has 2 aromatic carbocycles. The minimum atomic E-state index is -3.19. The molecule has 6 rings (SSSR count). The van der Waals surface area contributed by atoms with Crippen LogP contribution < -0.4 is 20.3 Å². The van der Waals surface area contributed by atoms with E-state index >= 15 is 0 Å². The molecule has 10 heteroatoms. The van der Waals surface area contributed by atoms with Crippen molar-refractivity contribution < 1.29 is 8.42 Å². The normalized spacial score (nSPS) is 21.2. The fraction of sp³-hybridized carbons (Fsp3) is 0.429. The molecule has 3 fully saturated rings. The van der Waals surface area contributed by atoms with E-state index in [1.165, 1.54) is 17.7 Å². The summed E-state index contributed by atoms with van der Waals surface area (Å²) in [5.41, 5.74) is 6.23. The summed E-state index contributed by atoms with van der Waals surface area (Å²) in [5, 5.41) is 6.51. The van der Waals surface area contributed by atoms with Crippen LogP contribution >= 0.6 is 0 Å². The first-order valence-corrected chi connectivity index (χ1v) is 14.8. The summed E-state index contributed by atoms with van der Waals surface area (Å²) in [5.74, 6) is 1.24. The second kappa shape index (κ2) is 9.83. The molecule has 3 N–H and O–H groups in total. The molecule has 2 saturated heterocycles. The van der Waals surface area contributed by atoms with Gasteiger partial charge in [-0.15, -0.1) is 0 Å². The average molecular weight is 534 g/mol. The second-order valence-corrected chi connectivity index (χ2v) is 12.9. The monoisotopic (exact) mass is 533 g/mol. The number of nitrogens with one attached hydrogen (secondary N) is 3. The number of likely N-dealkylation sites (tertiary alicyclic amines) is 1. The third kappa shape index (κ3) is 5.21. The van der Waals surface area contributed by atoms with Crippen LogP contribution in [-0.4, -0.2) is 60.8 Å². The summed E-state index contributed by atoms with van der Waals surface area (Å²) in [6, 6.07) is 15.4. The molecule has 1 saturated carbocycles. The molecule has 3 aromatic rings. The predicted octanol–water partition coefficient (Wildman–Crippen LogP) is 4.06. The van der Waals surface area contributed by atoms with Gasteiger partial charge in [0.2, 0.25) is 16.0 Å². The van der Waals surface area contributed by atoms with Crippen LogP contribution in [0, 0.1) is 13.8 Å². The highest BCUT2D eigenvalue weighted by atomic mass is 32.2. The highest BCUT2D eigenvalue weighted by molar-refractivity contribution is 7.90. The summed E-state index contributed by atoms with van der Waals surface area (Å²) in [7, 11) is -0.961. The molecule has 0 spiro atoms. The number of benzene rings is 2. The van der Waals surface area contributed by atoms with Crippen LogP contribution in [0.4, 0.5) is 28.8 Å². The highest BCUT2D eigenvalue weighted by Crippen LogP contribution is 2.36. The molecule has 0 amide bonds. The topological polar surface area (TPSA) is 102 Å². The molecule has 9 nitrogen and oxygen atoms in total. The number of fused-ring (bicyclic) bond motifs is 2. The molecular weight excluding hydrogens is 498 g/mol. The number of anilines is 5. The van der Waals surface area contributed by atoms with Gasteiger partial charge in [-0.25, -0.2) is 18.1 Å². The quantitative estimate of drug-likeness (QED) is 0.379. The molecular formula is C28H35N7O2S. The summed E-state index contributed by atoms with van der Waals surface area (Å²) in [4.78, 5) is 14.2. The summed E-state index contributed by atoms with van der Waals surface area (Å²) < 4.78 is 26.8. The average Bonchev–Trinajstić information content (AvgIpc) is 3.60. The van der Waals surface area contributed by atoms with Crippen molar-refractivity contribution in [3.63, 3.8) is 0 Å². The SMILES string of the molecule is Cc1cc(Nc2ncc(C)c(Nc3ccc(CNS(=O)(=O)C4CC4)cc3)n2)ccc1N1C[C@@H]2C[C@H]1CN2C. The number of aromatic nitrogens is 2. The maximum Gasteiger partial charge on any atom is 0.229 e. The van der Waals surface area contributed by atoms with Gasteiger partial charge in [0, 0.05) is 60.5 Å². The van der Waals surface area contributed by atoms with Gasteiger partial charge in [0.1, 0.15) is 5.82 Å². The van der Waals surface area contributed by atoms with E-state index in [4.69, 9.17) is 4.98 Å². The Morgan fingerprint density at radius 2 is 1.71 bits per heavy atom. The number of nitrogens with zero attached hydrogens (tertiary/aromatic N) is 4. The Labute approximate surface area is 224 Å². The lowest BCUT2D eigenvalue weighted by molar-refractivity contribution is 0.292. The van der Waals surface area contributed by atoms with E-state index in [2.05, 4.69) is 62.3 Å². The smallest absolute Gasteiger partial charge is 0.229 e. The highest BCUT2D eigenvalue weighted by Gasteiger charge is 2.41. The van der Waals surface area contributed by atoms with E-state index in [-0.39, 0.29) is 5.25 Å². The summed E-state index contributed by atoms with van der Waals surface area (Å²) >= 11 is 0. The van der Waals surface area contributed by atoms with Crippen molar-refractivity contribution in [1.29, 1.82) is 0 Å². The lowest BCUT2D eigenvalue weighted by Gasteiger charge is -2.34. The Kier molecular flexibility index (Phi) is 6.49. The van der Waals surface area contributed by atoms with Crippen LogP contribution in [0.3, 0.4) is 0 Å². The zero-order chi connectivity index (χ0) is 26.4. The van der Waals surface area contributed by atoms with Crippen molar-refractivity contribution in [1.82, 2.24) is 19.6 Å². The zero-order valence-electron chi connectivity index (χ0n) is 22.1. The first kappa shape index (κ1) is 25.1. The first-order valence-electron chi connectivity index (χ1n) is 13.3. The van der Waals surface area contributed by atoms with Gasteiger partial charge in [-0.3, -0.25) is 4.90 Å². The molecule has 0 radical (unpaired) electrons. The number of aryl methyl sites for hydroxylation is 2. The number of likely N-dealkylation sites (N-methyl/N-ethyl adjacent to an activating group) is 1. The van der Waals surface area contributed by atoms with Gasteiger partial charge in [-0.05, 0) is 81.6 Å². The summed E-state index contributed by atoms with van der Waals surface area (Å²) in [6.07, 6.45) is 4.58. The van der Waals surface area contributed by atoms with E-state index in [0.717, 1.165) is 54.3 Å². The van der Waals surface area contributed by atoms with Gasteiger partial charge in [-0.2, -0.15) is 4.98 Å². The number of sulfonamides is 1. The van der Waals surface area contributed by atoms with Crippen molar-refractivity contribution in [3.05, 3.63) is 65.4 Å². The Balaban J connectivity index is 1.10. The Morgan fingerprint density at radius 1 is 0.947 bits per heavy atom. The second-order valence-electron chi connectivity index (χ2n) is 10.9. The molecule has 3 aliphatic rings. The van der Waals surface area contributed by atoms with Crippen LogP contribution in [0.5, 0.6) is 0 Å².